The Morgan fingerprint density at radius 2 is 2.38 bits per heavy atom. The van der Waals surface area contributed by atoms with E-state index in [0.29, 0.717) is 5.92 Å². The van der Waals surface area contributed by atoms with Gasteiger partial charge in [-0.15, -0.1) is 0 Å². The molecule has 0 saturated carbocycles. The minimum atomic E-state index is 0.605. The summed E-state index contributed by atoms with van der Waals surface area (Å²) in [6.07, 6.45) is 12.2. The number of rotatable bonds is 3. The van der Waals surface area contributed by atoms with E-state index in [9.17, 15) is 0 Å². The van der Waals surface area contributed by atoms with Crippen molar-refractivity contribution < 1.29 is 0 Å². The molecule has 1 atom stereocenters. The number of hydrogen-bond acceptors (Lipinski definition) is 1. The van der Waals surface area contributed by atoms with Crippen LogP contribution in [0.3, 0.4) is 0 Å². The first-order valence-corrected chi connectivity index (χ1v) is 5.12. The molecular weight excluding hydrogens is 158 g/mol. The molecule has 70 valence electrons. The fraction of sp³-hybridized carbons (Fsp3) is 0.583. The maximum atomic E-state index is 8.81. The Labute approximate surface area is 80.8 Å². The van der Waals surface area contributed by atoms with Crippen LogP contribution < -0.4 is 0 Å². The second kappa shape index (κ2) is 5.59. The summed E-state index contributed by atoms with van der Waals surface area (Å²) in [5.74, 6) is 0.605. The predicted octanol–water partition coefficient (Wildman–Crippen LogP) is 3.59. The third-order valence-corrected chi connectivity index (χ3v) is 2.45. The zero-order valence-corrected chi connectivity index (χ0v) is 8.29. The zero-order chi connectivity index (χ0) is 9.52. The normalized spacial score (nSPS) is 21.8. The Hall–Kier alpha value is -1.03. The molecule has 0 saturated heterocycles. The van der Waals surface area contributed by atoms with Gasteiger partial charge in [-0.2, -0.15) is 5.26 Å². The molecule has 0 amide bonds. The average Bonchev–Trinajstić information content (AvgIpc) is 2.39. The van der Waals surface area contributed by atoms with E-state index in [1.54, 1.807) is 0 Å². The first-order valence-electron chi connectivity index (χ1n) is 5.12. The Balaban J connectivity index is 2.53. The fourth-order valence-corrected chi connectivity index (χ4v) is 1.65. The van der Waals surface area contributed by atoms with E-state index < -0.39 is 0 Å². The number of hydrogen-bond donors (Lipinski definition) is 0. The summed E-state index contributed by atoms with van der Waals surface area (Å²) in [6, 6.07) is 2.26. The molecule has 1 heteroatoms. The van der Waals surface area contributed by atoms with Crippen molar-refractivity contribution in [2.45, 2.75) is 39.0 Å². The maximum absolute atomic E-state index is 8.81. The molecule has 0 spiro atoms. The largest absolute Gasteiger partial charge is 0.193 e. The van der Waals surface area contributed by atoms with E-state index in [1.807, 2.05) is 0 Å². The van der Waals surface area contributed by atoms with E-state index in [2.05, 4.69) is 31.2 Å². The maximum Gasteiger partial charge on any atom is 0.0947 e. The summed E-state index contributed by atoms with van der Waals surface area (Å²) in [5, 5.41) is 8.81. The third-order valence-electron chi connectivity index (χ3n) is 2.45. The highest BCUT2D eigenvalue weighted by atomic mass is 14.2. The molecule has 13 heavy (non-hydrogen) atoms. The Morgan fingerprint density at radius 1 is 1.54 bits per heavy atom. The van der Waals surface area contributed by atoms with E-state index in [0.717, 1.165) is 18.4 Å². The Bertz CT molecular complexity index is 242. The van der Waals surface area contributed by atoms with Crippen molar-refractivity contribution in [3.63, 3.8) is 0 Å². The van der Waals surface area contributed by atoms with Crippen molar-refractivity contribution in [2.24, 2.45) is 5.92 Å². The molecule has 0 bridgehead atoms. The molecule has 0 aromatic rings. The number of allylic oxidation sites excluding steroid dienone is 4. The molecule has 1 rings (SSSR count). The van der Waals surface area contributed by atoms with Gasteiger partial charge in [0, 0.05) is 12.0 Å². The van der Waals surface area contributed by atoms with Gasteiger partial charge >= 0.3 is 0 Å². The van der Waals surface area contributed by atoms with Crippen LogP contribution in [-0.2, 0) is 0 Å². The van der Waals surface area contributed by atoms with Gasteiger partial charge in [-0.25, -0.2) is 0 Å². The quantitative estimate of drug-likeness (QED) is 0.601. The van der Waals surface area contributed by atoms with Crippen LogP contribution in [0.5, 0.6) is 0 Å². The third kappa shape index (κ3) is 3.46. The van der Waals surface area contributed by atoms with Gasteiger partial charge in [0.05, 0.1) is 6.07 Å². The van der Waals surface area contributed by atoms with E-state index >= 15 is 0 Å². The van der Waals surface area contributed by atoms with Crippen molar-refractivity contribution in [1.29, 1.82) is 5.26 Å². The van der Waals surface area contributed by atoms with Crippen molar-refractivity contribution in [2.75, 3.05) is 0 Å². The van der Waals surface area contributed by atoms with Crippen LogP contribution in [0, 0.1) is 17.2 Å². The fourth-order valence-electron chi connectivity index (χ4n) is 1.65. The number of unbranched alkanes of at least 4 members (excludes halogenated alkanes) is 1. The van der Waals surface area contributed by atoms with Crippen molar-refractivity contribution >= 4 is 0 Å². The lowest BCUT2D eigenvalue weighted by atomic mass is 9.97. The molecule has 0 heterocycles. The Kier molecular flexibility index (Phi) is 4.32. The highest BCUT2D eigenvalue weighted by Crippen LogP contribution is 2.21. The van der Waals surface area contributed by atoms with E-state index in [1.165, 1.54) is 19.3 Å². The molecule has 0 aromatic carbocycles. The molecule has 0 N–H and O–H groups in total. The first-order chi connectivity index (χ1) is 6.36. The first kappa shape index (κ1) is 10.1. The van der Waals surface area contributed by atoms with Gasteiger partial charge in [-0.1, -0.05) is 38.0 Å². The zero-order valence-electron chi connectivity index (χ0n) is 8.29. The summed E-state index contributed by atoms with van der Waals surface area (Å²) in [5.41, 5.74) is 0.940. The summed E-state index contributed by atoms with van der Waals surface area (Å²) in [6.45, 7) is 2.21. The monoisotopic (exact) mass is 175 g/mol. The highest BCUT2D eigenvalue weighted by Gasteiger charge is 2.07. The van der Waals surface area contributed by atoms with E-state index in [4.69, 9.17) is 5.26 Å². The second-order valence-corrected chi connectivity index (χ2v) is 3.62. The smallest absolute Gasteiger partial charge is 0.0947 e. The highest BCUT2D eigenvalue weighted by molar-refractivity contribution is 5.26. The van der Waals surface area contributed by atoms with Gasteiger partial charge in [-0.05, 0) is 18.8 Å². The van der Waals surface area contributed by atoms with Crippen LogP contribution >= 0.6 is 0 Å². The van der Waals surface area contributed by atoms with Crippen LogP contribution in [0.15, 0.2) is 23.8 Å². The Morgan fingerprint density at radius 3 is 3.08 bits per heavy atom. The van der Waals surface area contributed by atoms with Gasteiger partial charge in [0.25, 0.3) is 0 Å². The number of nitriles is 1. The molecule has 0 aromatic heterocycles. The van der Waals surface area contributed by atoms with Crippen molar-refractivity contribution in [3.8, 4) is 6.07 Å². The van der Waals surface area contributed by atoms with Gasteiger partial charge in [0.1, 0.15) is 0 Å². The van der Waals surface area contributed by atoms with Crippen LogP contribution in [-0.4, -0.2) is 0 Å². The van der Waals surface area contributed by atoms with Crippen LogP contribution in [0.25, 0.3) is 0 Å². The summed E-state index contributed by atoms with van der Waals surface area (Å²) >= 11 is 0. The molecule has 0 radical (unpaired) electrons. The van der Waals surface area contributed by atoms with Crippen molar-refractivity contribution in [3.05, 3.63) is 23.8 Å². The minimum Gasteiger partial charge on any atom is -0.193 e. The topological polar surface area (TPSA) is 23.8 Å². The van der Waals surface area contributed by atoms with Crippen LogP contribution in [0.1, 0.15) is 39.0 Å². The molecule has 1 nitrogen and oxygen atoms in total. The second-order valence-electron chi connectivity index (χ2n) is 3.62. The lowest BCUT2D eigenvalue weighted by molar-refractivity contribution is 0.561. The standard InChI is InChI=1S/C12H17N/c1-2-3-6-11-7-4-5-8-12(9-11)10-13/h4-5,9,11H,2-3,6-8H2,1H3. The minimum absolute atomic E-state index is 0.605. The molecular formula is C12H17N. The predicted molar refractivity (Wildman–Crippen MR) is 55.1 cm³/mol. The van der Waals surface area contributed by atoms with Gasteiger partial charge in [0.15, 0.2) is 0 Å². The van der Waals surface area contributed by atoms with Crippen molar-refractivity contribution in [1.82, 2.24) is 0 Å². The summed E-state index contributed by atoms with van der Waals surface area (Å²) < 4.78 is 0. The van der Waals surface area contributed by atoms with Gasteiger partial charge in [-0.3, -0.25) is 0 Å². The summed E-state index contributed by atoms with van der Waals surface area (Å²) in [7, 11) is 0. The lowest BCUT2D eigenvalue weighted by Crippen LogP contribution is -1.94. The molecule has 1 aliphatic rings. The average molecular weight is 175 g/mol. The van der Waals surface area contributed by atoms with Crippen LogP contribution in [0.2, 0.25) is 0 Å². The number of nitrogens with zero attached hydrogens (tertiary/aromatic N) is 1. The molecule has 0 aliphatic heterocycles. The molecule has 1 aliphatic carbocycles. The van der Waals surface area contributed by atoms with Gasteiger partial charge in [0.2, 0.25) is 0 Å². The summed E-state index contributed by atoms with van der Waals surface area (Å²) in [4.78, 5) is 0. The van der Waals surface area contributed by atoms with E-state index in [-0.39, 0.29) is 0 Å². The lowest BCUT2D eigenvalue weighted by Gasteiger charge is -2.08. The SMILES string of the molecule is CCCCC1C=C(C#N)CC=CC1. The molecule has 0 fully saturated rings. The van der Waals surface area contributed by atoms with Gasteiger partial charge < -0.3 is 0 Å². The molecule has 1 unspecified atom stereocenters. The van der Waals surface area contributed by atoms with Crippen LogP contribution in [0.4, 0.5) is 0 Å².